The molecule has 3 aromatic rings. The average Bonchev–Trinajstić information content (AvgIpc) is 3.30. The smallest absolute Gasteiger partial charge is 0.241 e. The van der Waals surface area contributed by atoms with Crippen LogP contribution in [0.2, 0.25) is 0 Å². The molecule has 2 aromatic heterocycles. The minimum absolute atomic E-state index is 0.121. The largest absolute Gasteiger partial charge is 0.422 e. The molecule has 8 heteroatoms. The van der Waals surface area contributed by atoms with Crippen molar-refractivity contribution in [1.82, 2.24) is 20.4 Å². The Hall–Kier alpha value is -2.74. The van der Waals surface area contributed by atoms with Gasteiger partial charge in [0.05, 0.1) is 22.4 Å². The monoisotopic (exact) mass is 384 g/mol. The van der Waals surface area contributed by atoms with E-state index in [0.717, 1.165) is 18.4 Å². The summed E-state index contributed by atoms with van der Waals surface area (Å²) in [6, 6.07) is 5.48. The van der Waals surface area contributed by atoms with Crippen molar-refractivity contribution in [1.29, 1.82) is 0 Å². The molecule has 2 heterocycles. The zero-order valence-corrected chi connectivity index (χ0v) is 15.4. The summed E-state index contributed by atoms with van der Waals surface area (Å²) < 4.78 is 34.2. The second-order valence-corrected chi connectivity index (χ2v) is 8.01. The fraction of sp³-hybridized carbons (Fsp3) is 0.400. The summed E-state index contributed by atoms with van der Waals surface area (Å²) in [5.41, 5.74) is 0.694. The third-order valence-electron chi connectivity index (χ3n) is 6.57. The highest BCUT2D eigenvalue weighted by atomic mass is 19.1. The van der Waals surface area contributed by atoms with E-state index in [1.807, 2.05) is 0 Å². The standard InChI is InChI=1S/C20H18F2N4O2/c1-19(2)11-6-7-20(19,18-26-24-15(9-27)28-18)17-10(11)8-14(23-25-17)16-12(21)4-3-5-13(16)22/h3-5,8,11,27H,6-7,9H2,1-2H3/t11-,20+/m1/s1. The first kappa shape index (κ1) is 17.4. The Bertz CT molecular complexity index is 1080. The molecule has 1 N–H and O–H groups in total. The van der Waals surface area contributed by atoms with Gasteiger partial charge in [0.2, 0.25) is 11.8 Å². The molecule has 0 unspecified atom stereocenters. The fourth-order valence-corrected chi connectivity index (χ4v) is 5.15. The molecule has 1 aromatic carbocycles. The molecule has 2 aliphatic rings. The lowest BCUT2D eigenvalue weighted by molar-refractivity contribution is 0.188. The normalized spacial score (nSPS) is 24.5. The van der Waals surface area contributed by atoms with E-state index >= 15 is 0 Å². The van der Waals surface area contributed by atoms with E-state index in [2.05, 4.69) is 34.2 Å². The maximum atomic E-state index is 14.2. The maximum absolute atomic E-state index is 14.2. The number of aromatic nitrogens is 4. The summed E-state index contributed by atoms with van der Waals surface area (Å²) >= 11 is 0. The van der Waals surface area contributed by atoms with Gasteiger partial charge in [-0.1, -0.05) is 19.9 Å². The van der Waals surface area contributed by atoms with Gasteiger partial charge in [-0.05, 0) is 47.9 Å². The van der Waals surface area contributed by atoms with E-state index in [1.165, 1.54) is 18.2 Å². The van der Waals surface area contributed by atoms with Gasteiger partial charge in [-0.25, -0.2) is 8.78 Å². The van der Waals surface area contributed by atoms with Gasteiger partial charge in [-0.3, -0.25) is 0 Å². The quantitative estimate of drug-likeness (QED) is 0.744. The topological polar surface area (TPSA) is 84.9 Å². The third kappa shape index (κ3) is 1.98. The minimum atomic E-state index is -0.670. The first-order chi connectivity index (χ1) is 13.4. The van der Waals surface area contributed by atoms with Crippen molar-refractivity contribution in [2.45, 2.75) is 44.6 Å². The summed E-state index contributed by atoms with van der Waals surface area (Å²) in [7, 11) is 0. The van der Waals surface area contributed by atoms with Crippen LogP contribution in [0.4, 0.5) is 8.78 Å². The zero-order valence-electron chi connectivity index (χ0n) is 15.4. The number of rotatable bonds is 3. The van der Waals surface area contributed by atoms with Crippen molar-refractivity contribution in [2.24, 2.45) is 5.41 Å². The summed E-state index contributed by atoms with van der Waals surface area (Å²) in [5.74, 6) is -0.667. The molecule has 6 nitrogen and oxygen atoms in total. The van der Waals surface area contributed by atoms with Crippen LogP contribution in [0.3, 0.4) is 0 Å². The number of aliphatic hydroxyl groups excluding tert-OH is 1. The Balaban J connectivity index is 1.71. The van der Waals surface area contributed by atoms with Crippen molar-refractivity contribution < 1.29 is 18.3 Å². The third-order valence-corrected chi connectivity index (χ3v) is 6.57. The van der Waals surface area contributed by atoms with Gasteiger partial charge in [0.15, 0.2) is 0 Å². The van der Waals surface area contributed by atoms with E-state index in [0.29, 0.717) is 11.6 Å². The molecular formula is C20H18F2N4O2. The van der Waals surface area contributed by atoms with Gasteiger partial charge in [0, 0.05) is 0 Å². The van der Waals surface area contributed by atoms with Gasteiger partial charge < -0.3 is 9.52 Å². The SMILES string of the molecule is CC1(C)[C@@H]2CC[C@@]1(c1nnc(CO)o1)c1nnc(-c3c(F)cccc3F)cc12. The Morgan fingerprint density at radius 2 is 1.89 bits per heavy atom. The van der Waals surface area contributed by atoms with Gasteiger partial charge in [0.25, 0.3) is 0 Å². The lowest BCUT2D eigenvalue weighted by Crippen LogP contribution is -2.37. The van der Waals surface area contributed by atoms with E-state index in [9.17, 15) is 13.9 Å². The number of benzene rings is 1. The molecule has 0 saturated heterocycles. The summed E-state index contributed by atoms with van der Waals surface area (Å²) in [4.78, 5) is 0. The second kappa shape index (κ2) is 5.64. The predicted octanol–water partition coefficient (Wildman–Crippen LogP) is 3.50. The number of hydrogen-bond donors (Lipinski definition) is 1. The van der Waals surface area contributed by atoms with Crippen molar-refractivity contribution in [3.05, 3.63) is 58.9 Å². The highest BCUT2D eigenvalue weighted by Gasteiger charge is 2.67. The number of aliphatic hydroxyl groups is 1. The van der Waals surface area contributed by atoms with Crippen molar-refractivity contribution in [3.8, 4) is 11.3 Å². The molecule has 2 atom stereocenters. The first-order valence-corrected chi connectivity index (χ1v) is 9.16. The molecule has 2 aliphatic carbocycles. The molecule has 144 valence electrons. The Labute approximate surface area is 159 Å². The minimum Gasteiger partial charge on any atom is -0.422 e. The predicted molar refractivity (Wildman–Crippen MR) is 94.1 cm³/mol. The summed E-state index contributed by atoms with van der Waals surface area (Å²) in [6.07, 6.45) is 1.62. The molecule has 1 saturated carbocycles. The molecular weight excluding hydrogens is 366 g/mol. The zero-order chi connectivity index (χ0) is 19.7. The van der Waals surface area contributed by atoms with Gasteiger partial charge in [-0.2, -0.15) is 5.10 Å². The van der Waals surface area contributed by atoms with Crippen molar-refractivity contribution >= 4 is 0 Å². The summed E-state index contributed by atoms with van der Waals surface area (Å²) in [5, 5.41) is 25.9. The van der Waals surface area contributed by atoms with Gasteiger partial charge >= 0.3 is 0 Å². The Morgan fingerprint density at radius 1 is 1.14 bits per heavy atom. The van der Waals surface area contributed by atoms with Crippen LogP contribution in [-0.4, -0.2) is 25.5 Å². The highest BCUT2D eigenvalue weighted by molar-refractivity contribution is 5.63. The lowest BCUT2D eigenvalue weighted by atomic mass is 9.68. The van der Waals surface area contributed by atoms with Crippen molar-refractivity contribution in [3.63, 3.8) is 0 Å². The Morgan fingerprint density at radius 3 is 2.57 bits per heavy atom. The highest BCUT2D eigenvalue weighted by Crippen LogP contribution is 2.69. The van der Waals surface area contributed by atoms with Crippen LogP contribution < -0.4 is 0 Å². The van der Waals surface area contributed by atoms with Gasteiger partial charge in [0.1, 0.15) is 18.2 Å². The number of fused-ring (bicyclic) bond motifs is 5. The lowest BCUT2D eigenvalue weighted by Gasteiger charge is -2.34. The first-order valence-electron chi connectivity index (χ1n) is 9.16. The molecule has 28 heavy (non-hydrogen) atoms. The van der Waals surface area contributed by atoms with E-state index in [4.69, 9.17) is 4.42 Å². The fourth-order valence-electron chi connectivity index (χ4n) is 5.15. The second-order valence-electron chi connectivity index (χ2n) is 8.01. The molecule has 5 rings (SSSR count). The number of halogens is 2. The number of nitrogens with zero attached hydrogens (tertiary/aromatic N) is 4. The Kier molecular flexibility index (Phi) is 3.49. The molecule has 0 spiro atoms. The van der Waals surface area contributed by atoms with E-state index < -0.39 is 17.0 Å². The van der Waals surface area contributed by atoms with Crippen LogP contribution in [0.25, 0.3) is 11.3 Å². The molecule has 0 radical (unpaired) electrons. The van der Waals surface area contributed by atoms with Crippen LogP contribution in [0.1, 0.15) is 55.6 Å². The summed E-state index contributed by atoms with van der Waals surface area (Å²) in [6.45, 7) is 3.88. The van der Waals surface area contributed by atoms with Crippen LogP contribution in [0.15, 0.2) is 28.7 Å². The van der Waals surface area contributed by atoms with Crippen LogP contribution in [-0.2, 0) is 12.0 Å². The maximum Gasteiger partial charge on any atom is 0.241 e. The van der Waals surface area contributed by atoms with Crippen LogP contribution >= 0.6 is 0 Å². The molecule has 0 aliphatic heterocycles. The molecule has 1 fully saturated rings. The van der Waals surface area contributed by atoms with Gasteiger partial charge in [-0.15, -0.1) is 15.3 Å². The number of hydrogen-bond acceptors (Lipinski definition) is 6. The molecule has 2 bridgehead atoms. The van der Waals surface area contributed by atoms with Crippen molar-refractivity contribution in [2.75, 3.05) is 0 Å². The van der Waals surface area contributed by atoms with E-state index in [-0.39, 0.29) is 35.1 Å². The molecule has 0 amide bonds. The average molecular weight is 384 g/mol. The van der Waals surface area contributed by atoms with Crippen LogP contribution in [0, 0.1) is 17.0 Å². The van der Waals surface area contributed by atoms with E-state index in [1.54, 1.807) is 6.07 Å². The van der Waals surface area contributed by atoms with Crippen LogP contribution in [0.5, 0.6) is 0 Å².